The van der Waals surface area contributed by atoms with E-state index >= 15 is 0 Å². The summed E-state index contributed by atoms with van der Waals surface area (Å²) in [4.78, 5) is 16.7. The van der Waals surface area contributed by atoms with Gasteiger partial charge in [0.25, 0.3) is 0 Å². The number of anilines is 1. The van der Waals surface area contributed by atoms with Crippen LogP contribution >= 0.6 is 0 Å². The van der Waals surface area contributed by atoms with Crippen LogP contribution in [0.5, 0.6) is 0 Å². The summed E-state index contributed by atoms with van der Waals surface area (Å²) < 4.78 is 74.6. The van der Waals surface area contributed by atoms with Gasteiger partial charge in [0.1, 0.15) is 5.82 Å². The van der Waals surface area contributed by atoms with Crippen molar-refractivity contribution in [1.29, 1.82) is 0 Å². The van der Waals surface area contributed by atoms with Gasteiger partial charge in [0, 0.05) is 41.7 Å². The van der Waals surface area contributed by atoms with Crippen molar-refractivity contribution in [3.05, 3.63) is 60.7 Å². The average Bonchev–Trinajstić information content (AvgIpc) is 3.35. The minimum atomic E-state index is -5.08. The molecule has 14 heteroatoms. The number of sulfonamides is 1. The SMILES string of the molecule is Nc1ncc(-c2ccc(-c3ccccc3S(=O)(=O)N3CCC[C@@H]3CO)cc2F)cn1.O=C(O)C(F)(F)F. The molecule has 2 aromatic carbocycles. The molecule has 1 atom stereocenters. The number of aromatic nitrogens is 2. The Bertz CT molecular complexity index is 1370. The smallest absolute Gasteiger partial charge is 0.475 e. The summed E-state index contributed by atoms with van der Waals surface area (Å²) in [7, 11) is -3.84. The van der Waals surface area contributed by atoms with Gasteiger partial charge in [-0.15, -0.1) is 0 Å². The first-order valence-corrected chi connectivity index (χ1v) is 12.2. The fourth-order valence-electron chi connectivity index (χ4n) is 3.76. The molecule has 9 nitrogen and oxygen atoms in total. The Labute approximate surface area is 209 Å². The van der Waals surface area contributed by atoms with Crippen LogP contribution in [0, 0.1) is 5.82 Å². The van der Waals surface area contributed by atoms with Crippen LogP contribution < -0.4 is 5.73 Å². The summed E-state index contributed by atoms with van der Waals surface area (Å²) >= 11 is 0. The molecule has 4 N–H and O–H groups in total. The van der Waals surface area contributed by atoms with Crippen molar-refractivity contribution < 1.29 is 41.0 Å². The van der Waals surface area contributed by atoms with Crippen molar-refractivity contribution >= 4 is 21.9 Å². The molecular weight excluding hydrogens is 520 g/mol. The van der Waals surface area contributed by atoms with Gasteiger partial charge in [-0.1, -0.05) is 30.3 Å². The molecule has 3 aromatic rings. The highest BCUT2D eigenvalue weighted by molar-refractivity contribution is 7.89. The summed E-state index contributed by atoms with van der Waals surface area (Å²) in [6.07, 6.45) is -0.910. The second kappa shape index (κ2) is 11.2. The Morgan fingerprint density at radius 3 is 2.27 bits per heavy atom. The Morgan fingerprint density at radius 2 is 1.70 bits per heavy atom. The number of halogens is 4. The largest absolute Gasteiger partial charge is 0.490 e. The highest BCUT2D eigenvalue weighted by atomic mass is 32.2. The number of nitrogens with zero attached hydrogens (tertiary/aromatic N) is 3. The number of aliphatic hydroxyl groups excluding tert-OH is 1. The topological polar surface area (TPSA) is 147 Å². The van der Waals surface area contributed by atoms with E-state index in [0.29, 0.717) is 41.6 Å². The van der Waals surface area contributed by atoms with E-state index in [9.17, 15) is 31.1 Å². The Hall–Kier alpha value is -3.62. The van der Waals surface area contributed by atoms with E-state index in [1.807, 2.05) is 0 Å². The number of hydrogen-bond acceptors (Lipinski definition) is 7. The maximum atomic E-state index is 14.9. The molecule has 1 aliphatic heterocycles. The normalized spacial score (nSPS) is 16.2. The molecule has 4 rings (SSSR count). The lowest BCUT2D eigenvalue weighted by Gasteiger charge is -2.24. The van der Waals surface area contributed by atoms with Crippen LogP contribution in [0.4, 0.5) is 23.5 Å². The number of benzene rings is 2. The maximum absolute atomic E-state index is 14.9. The van der Waals surface area contributed by atoms with Crippen LogP contribution in [0.25, 0.3) is 22.3 Å². The number of carbonyl (C=O) groups is 1. The number of nitrogens with two attached hydrogens (primary N) is 1. The predicted octanol–water partition coefficient (Wildman–Crippen LogP) is 3.31. The Morgan fingerprint density at radius 1 is 1.08 bits per heavy atom. The van der Waals surface area contributed by atoms with E-state index in [0.717, 1.165) is 0 Å². The van der Waals surface area contributed by atoms with Gasteiger partial charge in [-0.05, 0) is 30.5 Å². The van der Waals surface area contributed by atoms with Gasteiger partial charge >= 0.3 is 12.1 Å². The van der Waals surface area contributed by atoms with Gasteiger partial charge in [0.2, 0.25) is 16.0 Å². The molecule has 0 aliphatic carbocycles. The summed E-state index contributed by atoms with van der Waals surface area (Å²) in [5.74, 6) is -3.19. The molecule has 0 saturated carbocycles. The molecule has 0 amide bonds. The van der Waals surface area contributed by atoms with Crippen LogP contribution in [0.2, 0.25) is 0 Å². The molecular formula is C23H22F4N4O5S. The minimum Gasteiger partial charge on any atom is -0.475 e. The van der Waals surface area contributed by atoms with Crippen molar-refractivity contribution in [3.8, 4) is 22.3 Å². The molecule has 37 heavy (non-hydrogen) atoms. The van der Waals surface area contributed by atoms with Crippen LogP contribution in [0.15, 0.2) is 59.8 Å². The van der Waals surface area contributed by atoms with E-state index in [4.69, 9.17) is 15.6 Å². The molecule has 0 radical (unpaired) electrons. The van der Waals surface area contributed by atoms with E-state index in [2.05, 4.69) is 9.97 Å². The van der Waals surface area contributed by atoms with Crippen molar-refractivity contribution in [2.24, 2.45) is 0 Å². The molecule has 1 saturated heterocycles. The van der Waals surface area contributed by atoms with Crippen LogP contribution in [0.3, 0.4) is 0 Å². The lowest BCUT2D eigenvalue weighted by molar-refractivity contribution is -0.192. The number of nitrogen functional groups attached to an aromatic ring is 1. The first-order valence-electron chi connectivity index (χ1n) is 10.8. The predicted molar refractivity (Wildman–Crippen MR) is 125 cm³/mol. The number of alkyl halides is 3. The van der Waals surface area contributed by atoms with Gasteiger partial charge in [0.15, 0.2) is 0 Å². The monoisotopic (exact) mass is 542 g/mol. The lowest BCUT2D eigenvalue weighted by atomic mass is 10.0. The van der Waals surface area contributed by atoms with Crippen LogP contribution in [-0.2, 0) is 14.8 Å². The number of rotatable bonds is 5. The van der Waals surface area contributed by atoms with Gasteiger partial charge in [-0.2, -0.15) is 17.5 Å². The zero-order valence-corrected chi connectivity index (χ0v) is 19.9. The minimum absolute atomic E-state index is 0.0910. The highest BCUT2D eigenvalue weighted by Gasteiger charge is 2.38. The van der Waals surface area contributed by atoms with Gasteiger partial charge in [0.05, 0.1) is 11.5 Å². The van der Waals surface area contributed by atoms with E-state index < -0.39 is 34.0 Å². The third-order valence-corrected chi connectivity index (χ3v) is 7.52. The van der Waals surface area contributed by atoms with Gasteiger partial charge in [-0.25, -0.2) is 27.6 Å². The Kier molecular flexibility index (Phi) is 8.46. The zero-order chi connectivity index (χ0) is 27.4. The molecule has 0 spiro atoms. The summed E-state index contributed by atoms with van der Waals surface area (Å²) in [6.45, 7) is 0.126. The third kappa shape index (κ3) is 6.39. The standard InChI is InChI=1S/C21H21FN4O3S.C2HF3O2/c22-19-10-14(7-8-17(19)15-11-24-21(23)25-12-15)18-5-1-2-6-20(18)30(28,29)26-9-3-4-16(26)13-27;3-2(4,5)1(6)7/h1-2,5-8,10-12,16,27H,3-4,9,13H2,(H2,23,24,25);(H,6,7)/t16-;/m1./s1. The first kappa shape index (κ1) is 28.0. The molecule has 198 valence electrons. The lowest BCUT2D eigenvalue weighted by Crippen LogP contribution is -2.37. The number of aliphatic hydroxyl groups is 1. The highest BCUT2D eigenvalue weighted by Crippen LogP contribution is 2.34. The quantitative estimate of drug-likeness (QED) is 0.416. The number of carboxylic acid groups (broad SMARTS) is 1. The van der Waals surface area contributed by atoms with Crippen molar-refractivity contribution in [1.82, 2.24) is 14.3 Å². The second-order valence-electron chi connectivity index (χ2n) is 7.92. The molecule has 0 bridgehead atoms. The zero-order valence-electron chi connectivity index (χ0n) is 19.1. The van der Waals surface area contributed by atoms with Crippen LogP contribution in [0.1, 0.15) is 12.8 Å². The van der Waals surface area contributed by atoms with E-state index in [1.54, 1.807) is 30.3 Å². The second-order valence-corrected chi connectivity index (χ2v) is 9.78. The van der Waals surface area contributed by atoms with Crippen molar-refractivity contribution in [3.63, 3.8) is 0 Å². The fraction of sp³-hybridized carbons (Fsp3) is 0.261. The van der Waals surface area contributed by atoms with Crippen molar-refractivity contribution in [2.45, 2.75) is 30.0 Å². The van der Waals surface area contributed by atoms with Crippen LogP contribution in [-0.4, -0.2) is 64.2 Å². The molecule has 2 heterocycles. The van der Waals surface area contributed by atoms with Crippen molar-refractivity contribution in [2.75, 3.05) is 18.9 Å². The molecule has 1 aromatic heterocycles. The number of hydrogen-bond donors (Lipinski definition) is 3. The summed E-state index contributed by atoms with van der Waals surface area (Å²) in [5.41, 5.74) is 7.08. The average molecular weight is 543 g/mol. The third-order valence-electron chi connectivity index (χ3n) is 5.51. The molecule has 1 fully saturated rings. The molecule has 1 aliphatic rings. The number of aliphatic carboxylic acids is 1. The van der Waals surface area contributed by atoms with E-state index in [1.165, 1.54) is 28.8 Å². The van der Waals surface area contributed by atoms with E-state index in [-0.39, 0.29) is 17.5 Å². The van der Waals surface area contributed by atoms with Gasteiger partial charge < -0.3 is 15.9 Å². The summed E-state index contributed by atoms with van der Waals surface area (Å²) in [6, 6.07) is 10.6. The summed E-state index contributed by atoms with van der Waals surface area (Å²) in [5, 5.41) is 16.7. The van der Waals surface area contributed by atoms with Gasteiger partial charge in [-0.3, -0.25) is 0 Å². The maximum Gasteiger partial charge on any atom is 0.490 e. The first-order chi connectivity index (χ1) is 17.4. The Balaban J connectivity index is 0.000000479. The molecule has 0 unspecified atom stereocenters. The number of carboxylic acids is 1. The fourth-order valence-corrected chi connectivity index (χ4v) is 5.66.